The maximum Gasteiger partial charge on any atom is 0.155 e. The van der Waals surface area contributed by atoms with Crippen LogP contribution in [0.1, 0.15) is 5.69 Å². The standard InChI is InChI=1S/C8H6BClN2/c1-5-3-12-4-6(9)2-7(10)8(12)11-5/h2-4H,1H3. The van der Waals surface area contributed by atoms with Crippen LogP contribution in [0, 0.1) is 6.92 Å². The van der Waals surface area contributed by atoms with Gasteiger partial charge in [-0.25, -0.2) is 4.98 Å². The molecular weight excluding hydrogens is 170 g/mol. The largest absolute Gasteiger partial charge is 0.306 e. The van der Waals surface area contributed by atoms with Gasteiger partial charge >= 0.3 is 0 Å². The Labute approximate surface area is 76.6 Å². The molecule has 2 aromatic heterocycles. The number of nitrogens with zero attached hydrogens (tertiary/aromatic N) is 2. The van der Waals surface area contributed by atoms with Gasteiger partial charge in [-0.05, 0) is 13.0 Å². The number of rotatable bonds is 0. The minimum absolute atomic E-state index is 0.586. The van der Waals surface area contributed by atoms with Crippen molar-refractivity contribution in [3.63, 3.8) is 0 Å². The van der Waals surface area contributed by atoms with E-state index in [0.717, 1.165) is 11.3 Å². The molecule has 0 aromatic carbocycles. The summed E-state index contributed by atoms with van der Waals surface area (Å²) >= 11 is 5.91. The van der Waals surface area contributed by atoms with E-state index in [4.69, 9.17) is 19.4 Å². The zero-order valence-corrected chi connectivity index (χ0v) is 7.34. The van der Waals surface area contributed by atoms with E-state index in [2.05, 4.69) is 4.98 Å². The maximum absolute atomic E-state index is 5.91. The molecule has 0 aliphatic heterocycles. The zero-order chi connectivity index (χ0) is 8.72. The van der Waals surface area contributed by atoms with Gasteiger partial charge in [-0.1, -0.05) is 17.1 Å². The number of halogens is 1. The van der Waals surface area contributed by atoms with Crippen LogP contribution in [0.4, 0.5) is 0 Å². The summed E-state index contributed by atoms with van der Waals surface area (Å²) in [7, 11) is 5.60. The molecule has 0 saturated carbocycles. The number of hydrogen-bond donors (Lipinski definition) is 0. The number of fused-ring (bicyclic) bond motifs is 1. The van der Waals surface area contributed by atoms with Crippen molar-refractivity contribution in [1.29, 1.82) is 0 Å². The third kappa shape index (κ3) is 1.10. The highest BCUT2D eigenvalue weighted by atomic mass is 35.5. The third-order valence-electron chi connectivity index (χ3n) is 1.65. The second-order valence-electron chi connectivity index (χ2n) is 2.73. The fourth-order valence-electron chi connectivity index (χ4n) is 1.20. The van der Waals surface area contributed by atoms with Gasteiger partial charge in [-0.15, -0.1) is 0 Å². The maximum atomic E-state index is 5.91. The molecule has 2 nitrogen and oxygen atoms in total. The molecule has 0 amide bonds. The predicted molar refractivity (Wildman–Crippen MR) is 50.3 cm³/mol. The van der Waals surface area contributed by atoms with E-state index in [0.29, 0.717) is 10.5 Å². The molecule has 58 valence electrons. The van der Waals surface area contributed by atoms with Crippen LogP contribution >= 0.6 is 11.6 Å². The number of imidazole rings is 1. The molecule has 0 saturated heterocycles. The van der Waals surface area contributed by atoms with Crippen LogP contribution in [0.15, 0.2) is 18.5 Å². The quantitative estimate of drug-likeness (QED) is 0.549. The molecule has 2 heterocycles. The van der Waals surface area contributed by atoms with Gasteiger partial charge in [0.25, 0.3) is 0 Å². The topological polar surface area (TPSA) is 17.3 Å². The fourth-order valence-corrected chi connectivity index (χ4v) is 1.47. The Morgan fingerprint density at radius 2 is 2.25 bits per heavy atom. The molecule has 0 unspecified atom stereocenters. The fraction of sp³-hybridized carbons (Fsp3) is 0.125. The first kappa shape index (κ1) is 7.68. The van der Waals surface area contributed by atoms with Gasteiger partial charge in [0.05, 0.1) is 10.7 Å². The second-order valence-corrected chi connectivity index (χ2v) is 3.14. The molecule has 0 aliphatic rings. The van der Waals surface area contributed by atoms with E-state index in [1.807, 2.05) is 17.5 Å². The minimum atomic E-state index is 0.586. The summed E-state index contributed by atoms with van der Waals surface area (Å²) in [6, 6.07) is 1.70. The van der Waals surface area contributed by atoms with E-state index < -0.39 is 0 Å². The Morgan fingerprint density at radius 3 is 3.00 bits per heavy atom. The molecule has 2 radical (unpaired) electrons. The van der Waals surface area contributed by atoms with Gasteiger partial charge < -0.3 is 4.40 Å². The van der Waals surface area contributed by atoms with Gasteiger partial charge in [0.15, 0.2) is 5.65 Å². The van der Waals surface area contributed by atoms with Gasteiger partial charge in [0.1, 0.15) is 7.85 Å². The molecule has 4 heteroatoms. The number of pyridine rings is 1. The van der Waals surface area contributed by atoms with Crippen LogP contribution in [0.25, 0.3) is 5.65 Å². The van der Waals surface area contributed by atoms with E-state index in [9.17, 15) is 0 Å². The van der Waals surface area contributed by atoms with Crippen LogP contribution in [0.2, 0.25) is 5.02 Å². The lowest BCUT2D eigenvalue weighted by Crippen LogP contribution is -2.04. The Bertz CT molecular complexity index is 436. The predicted octanol–water partition coefficient (Wildman–Crippen LogP) is 1.09. The minimum Gasteiger partial charge on any atom is -0.306 e. The highest BCUT2D eigenvalue weighted by Gasteiger charge is 2.02. The Kier molecular flexibility index (Phi) is 1.62. The van der Waals surface area contributed by atoms with Crippen molar-refractivity contribution in [2.45, 2.75) is 6.92 Å². The average Bonchev–Trinajstić information content (AvgIpc) is 2.29. The Balaban J connectivity index is 2.88. The molecular formula is C8H6BClN2. The van der Waals surface area contributed by atoms with E-state index >= 15 is 0 Å². The van der Waals surface area contributed by atoms with Gasteiger partial charge in [0.2, 0.25) is 0 Å². The molecule has 2 aromatic rings. The van der Waals surface area contributed by atoms with E-state index in [-0.39, 0.29) is 0 Å². The lowest BCUT2D eigenvalue weighted by molar-refractivity contribution is 1.20. The second kappa shape index (κ2) is 2.52. The van der Waals surface area contributed by atoms with Crippen molar-refractivity contribution in [2.24, 2.45) is 0 Å². The van der Waals surface area contributed by atoms with E-state index in [1.165, 1.54) is 0 Å². The van der Waals surface area contributed by atoms with Crippen molar-refractivity contribution in [3.05, 3.63) is 29.2 Å². The van der Waals surface area contributed by atoms with Crippen LogP contribution in [-0.2, 0) is 0 Å². The molecule has 12 heavy (non-hydrogen) atoms. The molecule has 0 atom stereocenters. The molecule has 0 bridgehead atoms. The van der Waals surface area contributed by atoms with Gasteiger partial charge in [-0.2, -0.15) is 0 Å². The lowest BCUT2D eigenvalue weighted by atomic mass is 9.99. The Morgan fingerprint density at radius 1 is 1.50 bits per heavy atom. The van der Waals surface area contributed by atoms with Crippen LogP contribution in [-0.4, -0.2) is 17.2 Å². The first-order valence-corrected chi connectivity index (χ1v) is 3.95. The van der Waals surface area contributed by atoms with Crippen molar-refractivity contribution >= 4 is 30.6 Å². The summed E-state index contributed by atoms with van der Waals surface area (Å²) in [4.78, 5) is 4.23. The summed E-state index contributed by atoms with van der Waals surface area (Å²) in [5.74, 6) is 0. The highest BCUT2D eigenvalue weighted by Crippen LogP contribution is 2.14. The highest BCUT2D eigenvalue weighted by molar-refractivity contribution is 6.37. The summed E-state index contributed by atoms with van der Waals surface area (Å²) in [6.45, 7) is 1.92. The number of aromatic nitrogens is 2. The van der Waals surface area contributed by atoms with Crippen molar-refractivity contribution in [2.75, 3.05) is 0 Å². The molecule has 0 spiro atoms. The molecule has 0 fully saturated rings. The molecule has 0 aliphatic carbocycles. The first-order valence-electron chi connectivity index (χ1n) is 3.57. The normalized spacial score (nSPS) is 10.8. The summed E-state index contributed by atoms with van der Waals surface area (Å²) in [5.41, 5.74) is 2.33. The lowest BCUT2D eigenvalue weighted by Gasteiger charge is -1.97. The van der Waals surface area contributed by atoms with Crippen LogP contribution < -0.4 is 5.46 Å². The summed E-state index contributed by atoms with van der Waals surface area (Å²) in [5, 5.41) is 0.586. The van der Waals surface area contributed by atoms with Crippen molar-refractivity contribution in [1.82, 2.24) is 9.38 Å². The van der Waals surface area contributed by atoms with Crippen LogP contribution in [0.5, 0.6) is 0 Å². The SMILES string of the molecule is [B]c1cc(Cl)c2nc(C)cn2c1. The first-order chi connectivity index (χ1) is 5.66. The van der Waals surface area contributed by atoms with Crippen molar-refractivity contribution in [3.8, 4) is 0 Å². The average molecular weight is 176 g/mol. The molecule has 0 N–H and O–H groups in total. The van der Waals surface area contributed by atoms with Crippen molar-refractivity contribution < 1.29 is 0 Å². The number of hydrogen-bond acceptors (Lipinski definition) is 1. The van der Waals surface area contributed by atoms with Gasteiger partial charge in [-0.3, -0.25) is 0 Å². The zero-order valence-electron chi connectivity index (χ0n) is 6.58. The Hall–Kier alpha value is -0.955. The molecule has 2 rings (SSSR count). The summed E-state index contributed by atoms with van der Waals surface area (Å²) < 4.78 is 1.83. The number of aryl methyl sites for hydroxylation is 1. The monoisotopic (exact) mass is 176 g/mol. The smallest absolute Gasteiger partial charge is 0.155 e. The van der Waals surface area contributed by atoms with Crippen LogP contribution in [0.3, 0.4) is 0 Å². The van der Waals surface area contributed by atoms with E-state index in [1.54, 1.807) is 12.3 Å². The summed E-state index contributed by atoms with van der Waals surface area (Å²) in [6.07, 6.45) is 3.68. The third-order valence-corrected chi connectivity index (χ3v) is 1.93. The van der Waals surface area contributed by atoms with Gasteiger partial charge in [0, 0.05) is 12.4 Å².